The van der Waals surface area contributed by atoms with Gasteiger partial charge in [0.15, 0.2) is 115 Å². The summed E-state index contributed by atoms with van der Waals surface area (Å²) in [6.07, 6.45) is 10.6. The van der Waals surface area contributed by atoms with Gasteiger partial charge in [-0.25, -0.2) is 93.7 Å². The number of aromatic nitrogens is 20. The minimum absolute atomic E-state index is 0.000866. The molecule has 10 atom stereocenters. The number of halogens is 10. The minimum atomic E-state index is -0.983. The van der Waals surface area contributed by atoms with Crippen LogP contribution in [-0.4, -0.2) is 283 Å². The molecule has 0 radical (unpaired) electrons. The van der Waals surface area contributed by atoms with Crippen molar-refractivity contribution in [3.8, 4) is 56.9 Å². The second kappa shape index (κ2) is 40.5. The molecule has 5 saturated heterocycles. The Morgan fingerprint density at radius 2 is 0.671 bits per heavy atom. The van der Waals surface area contributed by atoms with Gasteiger partial charge in [-0.15, -0.1) is 0 Å². The molecule has 7 fully saturated rings. The zero-order chi connectivity index (χ0) is 101. The van der Waals surface area contributed by atoms with E-state index in [9.17, 15) is 69.4 Å². The molecule has 0 bridgehead atoms. The molecule has 2 saturated carbocycles. The van der Waals surface area contributed by atoms with E-state index in [4.69, 9.17) is 0 Å². The number of fused-ring (bicyclic) bond motifs is 5. The van der Waals surface area contributed by atoms with Crippen LogP contribution < -0.4 is 51.1 Å². The summed E-state index contributed by atoms with van der Waals surface area (Å²) in [4.78, 5) is 51.0. The molecule has 754 valence electrons. The average molecular weight is 1980 g/mol. The number of hydrogen-bond acceptors (Lipinski definition) is 30. The van der Waals surface area contributed by atoms with Crippen molar-refractivity contribution in [2.45, 2.75) is 154 Å². The van der Waals surface area contributed by atoms with Gasteiger partial charge in [0.25, 0.3) is 0 Å². The van der Waals surface area contributed by atoms with Gasteiger partial charge in [0.2, 0.25) is 0 Å². The first-order valence-electron chi connectivity index (χ1n) is 47.7. The van der Waals surface area contributed by atoms with Crippen molar-refractivity contribution >= 4 is 84.3 Å². The highest BCUT2D eigenvalue weighted by atomic mass is 19.2. The van der Waals surface area contributed by atoms with Gasteiger partial charge in [-0.2, -0.15) is 25.5 Å². The lowest BCUT2D eigenvalue weighted by Gasteiger charge is -2.43. The summed E-state index contributed by atoms with van der Waals surface area (Å²) in [5.41, 5.74) is 0.134. The number of H-pyrrole nitrogens is 5. The molecule has 15 aromatic heterocycles. The lowest BCUT2D eigenvalue weighted by molar-refractivity contribution is -0.0232. The summed E-state index contributed by atoms with van der Waals surface area (Å²) >= 11 is 0. The van der Waals surface area contributed by atoms with Gasteiger partial charge in [-0.3, -0.25) is 25.5 Å². The van der Waals surface area contributed by atoms with Crippen LogP contribution in [-0.2, 0) is 0 Å². The monoisotopic (exact) mass is 1980 g/mol. The summed E-state index contributed by atoms with van der Waals surface area (Å²) in [6.45, 7) is 26.2. The number of pyridine rings is 10. The summed E-state index contributed by atoms with van der Waals surface area (Å²) < 4.78 is 146. The first-order chi connectivity index (χ1) is 68.4. The summed E-state index contributed by atoms with van der Waals surface area (Å²) in [5.74, 6) is -6.88. The molecular weight excluding hydrogens is 1870 g/mol. The van der Waals surface area contributed by atoms with E-state index >= 15 is 0 Å². The van der Waals surface area contributed by atoms with Crippen molar-refractivity contribution in [2.24, 2.45) is 23.2 Å². The van der Waals surface area contributed by atoms with E-state index in [1.807, 2.05) is 55.4 Å². The van der Waals surface area contributed by atoms with Crippen molar-refractivity contribution in [3.05, 3.63) is 180 Å². The molecule has 22 rings (SSSR count). The first-order valence-corrected chi connectivity index (χ1v) is 47.7. The summed E-state index contributed by atoms with van der Waals surface area (Å²) in [7, 11) is 0. The predicted molar refractivity (Wildman–Crippen MR) is 519 cm³/mol. The Balaban J connectivity index is 0.000000118. The van der Waals surface area contributed by atoms with Crippen molar-refractivity contribution in [3.63, 3.8) is 0 Å². The Morgan fingerprint density at radius 1 is 0.392 bits per heavy atom. The SMILES string of the molecule is CC(C)[C@@H](O)[C@@H]1CN(c2nc(-c3[nH]nc4ncccc34)c(F)cc2F)CCN1.CC(C)[C@@](C)(O)[C@@H]1CN(c2nc(-c3[nH]nc4ncccc34)c(F)cc2F)CCN1.CC(O)(C1CC1)C1CN(c2nc(-c3[nH]nc4ncccc34)c(F)cc2F)CCN1.CC1(C)CC1(O)C1CN(c2nc(-c3[nH]nc4ncccc34)c(F)cc2F)CCN1.CCC(C)(O)C1CN(c2nc(-c3[nH]nc4ncccc34)c(F)cc2F)CCN1. The van der Waals surface area contributed by atoms with E-state index in [0.29, 0.717) is 195 Å². The molecule has 35 nitrogen and oxygen atoms in total. The van der Waals surface area contributed by atoms with Gasteiger partial charge in [0.05, 0.1) is 87.2 Å². The van der Waals surface area contributed by atoms with Gasteiger partial charge in [0.1, 0.15) is 28.5 Å². The van der Waals surface area contributed by atoms with Crippen molar-refractivity contribution in [1.82, 2.24) is 127 Å². The normalized spacial score (nSPS) is 21.3. The Hall–Kier alpha value is -13.3. The van der Waals surface area contributed by atoms with Crippen LogP contribution in [0.5, 0.6) is 0 Å². The second-order valence-electron chi connectivity index (χ2n) is 39.1. The standard InChI is InChI=1S/2C20H22F2N6O.C20H24F2N6O.2C19H22F2N6O/c1-19(2)10-20(19,29)14-9-28(7-6-23-14)18-13(22)8-12(21)16(25-18)15-11-4-3-5-24-17(11)27-26-15;1-20(29,11-4-5-11)15-10-28(8-7-23-15)19-14(22)9-13(21)17(25-19)16-12-3-2-6-24-18(12)27-26-16;1-11(2)20(3,29)15-10-28(8-7-23-15)19-14(22)9-13(21)17(25-19)16-12-5-4-6-24-18(12)27-26-16;1-10(2)17(28)14-9-27(7-6-22-14)19-13(21)8-12(20)16(24-19)15-11-4-3-5-23-18(11)26-25-15;1-3-19(2,28)14-10-27(8-7-22-14)18-13(21)9-12(20)16(24-18)15-11-5-4-6-23-17(11)26-25-15/h3-5,8,14,23,29H,6-7,9-10H2,1-2H3,(H,24,26,27);2-3,6,9,11,15,23,29H,4-5,7-8,10H2,1H3,(H,24,26,27);4-6,9,11,15,23,29H,7-8,10H2,1-3H3,(H,24,26,27);3-5,8,10,14,17,22,28H,6-7,9H2,1-2H3,(H,23,25,26);4-6,9,14,22,28H,3,7-8,10H2,1-2H3,(H,23,25,26)/t;;15-,20+;14-,17+;/m..00./s1. The van der Waals surface area contributed by atoms with Crippen molar-refractivity contribution < 1.29 is 69.4 Å². The number of aromatic amines is 5. The Kier molecular flexibility index (Phi) is 28.3. The number of aliphatic hydroxyl groups excluding tert-OH is 1. The van der Waals surface area contributed by atoms with Gasteiger partial charge >= 0.3 is 0 Å². The Bertz CT molecular complexity index is 6760. The smallest absolute Gasteiger partial charge is 0.181 e. The third-order valence-electron chi connectivity index (χ3n) is 28.7. The molecular formula is C98H112F10N30O5. The quantitative estimate of drug-likeness (QED) is 0.0334. The Morgan fingerprint density at radius 3 is 0.972 bits per heavy atom. The molecule has 0 amide bonds. The van der Waals surface area contributed by atoms with E-state index in [-0.39, 0.29) is 111 Å². The largest absolute Gasteiger partial charge is 0.391 e. The fraction of sp³-hybridized carbons (Fsp3) is 0.439. The van der Waals surface area contributed by atoms with Gasteiger partial charge in [-0.1, -0.05) is 48.5 Å². The van der Waals surface area contributed by atoms with Crippen LogP contribution >= 0.6 is 0 Å². The number of hydrogen-bond donors (Lipinski definition) is 15. The number of aliphatic hydroxyl groups is 5. The molecule has 6 unspecified atom stereocenters. The second-order valence-corrected chi connectivity index (χ2v) is 39.1. The first kappa shape index (κ1) is 99.9. The van der Waals surface area contributed by atoms with Crippen LogP contribution in [0, 0.1) is 81.3 Å². The third-order valence-corrected chi connectivity index (χ3v) is 28.7. The molecule has 5 aliphatic heterocycles. The molecule has 20 heterocycles. The van der Waals surface area contributed by atoms with Crippen LogP contribution in [0.1, 0.15) is 94.9 Å². The molecule has 143 heavy (non-hydrogen) atoms. The van der Waals surface area contributed by atoms with Crippen molar-refractivity contribution in [2.75, 3.05) is 123 Å². The van der Waals surface area contributed by atoms with E-state index in [2.05, 4.69) is 127 Å². The topological polar surface area (TPSA) is 450 Å². The molecule has 7 aliphatic rings. The third kappa shape index (κ3) is 20.2. The maximum absolute atomic E-state index is 14.7. The van der Waals surface area contributed by atoms with Gasteiger partial charge in [0, 0.05) is 186 Å². The van der Waals surface area contributed by atoms with E-state index in [1.165, 1.54) is 0 Å². The number of nitrogens with zero attached hydrogens (tertiary/aromatic N) is 20. The maximum Gasteiger partial charge on any atom is 0.181 e. The van der Waals surface area contributed by atoms with E-state index in [0.717, 1.165) is 43.2 Å². The van der Waals surface area contributed by atoms with Crippen molar-refractivity contribution in [1.29, 1.82) is 0 Å². The van der Waals surface area contributed by atoms with Gasteiger partial charge in [-0.05, 0) is 130 Å². The molecule has 0 spiro atoms. The van der Waals surface area contributed by atoms with Crippen LogP contribution in [0.15, 0.2) is 122 Å². The molecule has 2 aliphatic carbocycles. The number of piperazine rings is 5. The maximum atomic E-state index is 14.7. The lowest BCUT2D eigenvalue weighted by atomic mass is 9.84. The Labute approximate surface area is 813 Å². The summed E-state index contributed by atoms with van der Waals surface area (Å²) in [6, 6.07) is 20.5. The van der Waals surface area contributed by atoms with Crippen LogP contribution in [0.25, 0.3) is 112 Å². The predicted octanol–water partition coefficient (Wildman–Crippen LogP) is 11.3. The van der Waals surface area contributed by atoms with Crippen LogP contribution in [0.4, 0.5) is 73.0 Å². The van der Waals surface area contributed by atoms with E-state index < -0.39 is 86.7 Å². The molecule has 15 N–H and O–H groups in total. The number of anilines is 5. The zero-order valence-corrected chi connectivity index (χ0v) is 80.1. The fourth-order valence-electron chi connectivity index (χ4n) is 19.2. The number of rotatable bonds is 19. The minimum Gasteiger partial charge on any atom is -0.391 e. The van der Waals surface area contributed by atoms with Gasteiger partial charge < -0.3 is 76.6 Å². The zero-order valence-electron chi connectivity index (χ0n) is 80.1. The fourth-order valence-corrected chi connectivity index (χ4v) is 19.2. The summed E-state index contributed by atoms with van der Waals surface area (Å²) in [5, 5.41) is 107. The highest BCUT2D eigenvalue weighted by Gasteiger charge is 2.65. The number of nitrogens with one attached hydrogen (secondary N) is 10. The van der Waals surface area contributed by atoms with E-state index in [1.54, 1.807) is 130 Å². The average Bonchev–Trinajstić information content (AvgIpc) is 1.55. The molecule has 0 aromatic carbocycles. The lowest BCUT2D eigenvalue weighted by Crippen LogP contribution is -2.62. The molecule has 15 aromatic rings. The highest BCUT2D eigenvalue weighted by molar-refractivity contribution is 5.94. The molecule has 45 heteroatoms. The highest BCUT2D eigenvalue weighted by Crippen LogP contribution is 2.58. The van der Waals surface area contributed by atoms with Crippen LogP contribution in [0.3, 0.4) is 0 Å². The van der Waals surface area contributed by atoms with Crippen LogP contribution in [0.2, 0.25) is 0 Å².